The van der Waals surface area contributed by atoms with Crippen LogP contribution in [-0.2, 0) is 7.05 Å². The number of hydrogen-bond donors (Lipinski definition) is 1. The number of hydrogen-bond acceptors (Lipinski definition) is 7. The molecule has 0 saturated heterocycles. The first-order chi connectivity index (χ1) is 13.4. The van der Waals surface area contributed by atoms with Gasteiger partial charge in [0.05, 0.1) is 21.2 Å². The summed E-state index contributed by atoms with van der Waals surface area (Å²) in [6.45, 7) is 0. The summed E-state index contributed by atoms with van der Waals surface area (Å²) in [5.41, 5.74) is 1.49. The van der Waals surface area contributed by atoms with Crippen LogP contribution in [-0.4, -0.2) is 39.7 Å². The second-order valence-electron chi connectivity index (χ2n) is 6.13. The predicted molar refractivity (Wildman–Crippen MR) is 107 cm³/mol. The average molecular weight is 398 g/mol. The van der Waals surface area contributed by atoms with Crippen LogP contribution < -0.4 is 10.2 Å². The Morgan fingerprint density at radius 3 is 2.64 bits per heavy atom. The molecule has 1 aromatic heterocycles. The summed E-state index contributed by atoms with van der Waals surface area (Å²) in [5.74, 6) is -0.424. The minimum absolute atomic E-state index is 0.165. The molecule has 0 saturated carbocycles. The fraction of sp³-hybridized carbons (Fsp3) is 0.167. The van der Waals surface area contributed by atoms with E-state index in [4.69, 9.17) is 0 Å². The summed E-state index contributed by atoms with van der Waals surface area (Å²) >= 11 is 1.12. The van der Waals surface area contributed by atoms with Gasteiger partial charge >= 0.3 is 0 Å². The van der Waals surface area contributed by atoms with Gasteiger partial charge in [0.15, 0.2) is 5.16 Å². The Bertz CT molecular complexity index is 1030. The summed E-state index contributed by atoms with van der Waals surface area (Å²) in [5, 5.41) is 22.5. The van der Waals surface area contributed by atoms with Crippen molar-refractivity contribution < 1.29 is 9.72 Å². The number of nitrogens with one attached hydrogen (secondary N) is 1. The number of nitrogens with zero attached hydrogens (tertiary/aromatic N) is 5. The van der Waals surface area contributed by atoms with Crippen molar-refractivity contribution in [1.29, 1.82) is 0 Å². The lowest BCUT2D eigenvalue weighted by molar-refractivity contribution is -0.387. The minimum Gasteiger partial charge on any atom is -0.376 e. The highest BCUT2D eigenvalue weighted by atomic mass is 32.2. The van der Waals surface area contributed by atoms with Crippen molar-refractivity contribution in [3.63, 3.8) is 0 Å². The van der Waals surface area contributed by atoms with E-state index in [1.54, 1.807) is 29.8 Å². The monoisotopic (exact) mass is 398 g/mol. The number of nitro benzene ring substituents is 1. The van der Waals surface area contributed by atoms with Crippen LogP contribution >= 0.6 is 11.8 Å². The predicted octanol–water partition coefficient (Wildman–Crippen LogP) is 3.19. The maximum absolute atomic E-state index is 12.7. The van der Waals surface area contributed by atoms with Gasteiger partial charge in [0, 0.05) is 32.8 Å². The van der Waals surface area contributed by atoms with Gasteiger partial charge in [-0.1, -0.05) is 12.1 Å². The van der Waals surface area contributed by atoms with Crippen LogP contribution in [0.4, 0.5) is 17.1 Å². The molecule has 9 nitrogen and oxygen atoms in total. The number of carbonyl (C=O) groups is 1. The third-order valence-corrected chi connectivity index (χ3v) is 5.04. The Labute approximate surface area is 165 Å². The molecule has 1 amide bonds. The summed E-state index contributed by atoms with van der Waals surface area (Å²) < 4.78 is 1.66. The molecule has 3 rings (SSSR count). The Kier molecular flexibility index (Phi) is 5.59. The van der Waals surface area contributed by atoms with Crippen LogP contribution in [0.2, 0.25) is 0 Å². The number of aromatic nitrogens is 3. The van der Waals surface area contributed by atoms with Crippen molar-refractivity contribution in [3.05, 3.63) is 64.5 Å². The van der Waals surface area contributed by atoms with E-state index < -0.39 is 10.8 Å². The minimum atomic E-state index is -0.511. The van der Waals surface area contributed by atoms with Gasteiger partial charge in [0.1, 0.15) is 6.33 Å². The zero-order chi connectivity index (χ0) is 20.3. The zero-order valence-electron chi connectivity index (χ0n) is 15.5. The molecular weight excluding hydrogens is 380 g/mol. The highest BCUT2D eigenvalue weighted by molar-refractivity contribution is 7.99. The molecule has 0 aliphatic heterocycles. The summed E-state index contributed by atoms with van der Waals surface area (Å²) in [4.78, 5) is 25.9. The van der Waals surface area contributed by atoms with E-state index in [9.17, 15) is 14.9 Å². The number of nitro groups is 1. The molecule has 0 fully saturated rings. The van der Waals surface area contributed by atoms with Gasteiger partial charge < -0.3 is 14.8 Å². The quantitative estimate of drug-likeness (QED) is 0.502. The molecule has 1 heterocycles. The third kappa shape index (κ3) is 4.12. The molecular formula is C18H18N6O3S. The van der Waals surface area contributed by atoms with Gasteiger partial charge in [0.2, 0.25) is 0 Å². The molecule has 0 unspecified atom stereocenters. The van der Waals surface area contributed by atoms with E-state index in [1.165, 1.54) is 12.4 Å². The second kappa shape index (κ2) is 8.09. The zero-order valence-corrected chi connectivity index (χ0v) is 16.3. The fourth-order valence-electron chi connectivity index (χ4n) is 2.51. The Balaban J connectivity index is 1.89. The van der Waals surface area contributed by atoms with E-state index in [0.29, 0.717) is 15.7 Å². The van der Waals surface area contributed by atoms with E-state index in [2.05, 4.69) is 15.5 Å². The average Bonchev–Trinajstić information content (AvgIpc) is 3.06. The maximum atomic E-state index is 12.7. The van der Waals surface area contributed by atoms with Gasteiger partial charge in [0.25, 0.3) is 11.6 Å². The first-order valence-electron chi connectivity index (χ1n) is 8.25. The summed E-state index contributed by atoms with van der Waals surface area (Å²) in [7, 11) is 5.49. The highest BCUT2D eigenvalue weighted by Gasteiger charge is 2.20. The Morgan fingerprint density at radius 1 is 1.25 bits per heavy atom. The molecule has 28 heavy (non-hydrogen) atoms. The van der Waals surface area contributed by atoms with Crippen molar-refractivity contribution in [1.82, 2.24) is 14.8 Å². The normalized spacial score (nSPS) is 10.5. The van der Waals surface area contributed by atoms with Crippen molar-refractivity contribution in [3.8, 4) is 0 Å². The fourth-order valence-corrected chi connectivity index (χ4v) is 3.36. The van der Waals surface area contributed by atoms with Crippen LogP contribution in [0.3, 0.4) is 0 Å². The molecule has 0 bridgehead atoms. The van der Waals surface area contributed by atoms with Gasteiger partial charge in [-0.3, -0.25) is 14.9 Å². The van der Waals surface area contributed by atoms with E-state index in [1.807, 2.05) is 37.2 Å². The molecule has 2 aromatic carbocycles. The molecule has 0 radical (unpaired) electrons. The second-order valence-corrected chi connectivity index (χ2v) is 7.14. The first kappa shape index (κ1) is 19.4. The Morgan fingerprint density at radius 2 is 2.00 bits per heavy atom. The van der Waals surface area contributed by atoms with Crippen molar-refractivity contribution >= 4 is 34.7 Å². The van der Waals surface area contributed by atoms with Crippen LogP contribution in [0.1, 0.15) is 10.4 Å². The Hall–Kier alpha value is -3.40. The SMILES string of the molecule is CN(C)c1ccccc1NC(=O)c1ccc(Sc2nncn2C)c([N+](=O)[O-])c1. The maximum Gasteiger partial charge on any atom is 0.284 e. The standard InChI is InChI=1S/C18H18N6O3S/c1-22(2)14-7-5-4-6-13(14)20-17(25)12-8-9-16(15(10-12)24(26)27)28-18-21-19-11-23(18)3/h4-11H,1-3H3,(H,20,25). The van der Waals surface area contributed by atoms with Crippen LogP contribution in [0.5, 0.6) is 0 Å². The molecule has 10 heteroatoms. The van der Waals surface area contributed by atoms with Gasteiger partial charge in [-0.05, 0) is 36.0 Å². The van der Waals surface area contributed by atoms with Crippen LogP contribution in [0.15, 0.2) is 58.8 Å². The van der Waals surface area contributed by atoms with E-state index >= 15 is 0 Å². The lowest BCUT2D eigenvalue weighted by Crippen LogP contribution is -2.16. The van der Waals surface area contributed by atoms with Crippen molar-refractivity contribution in [2.45, 2.75) is 10.1 Å². The topological polar surface area (TPSA) is 106 Å². The van der Waals surface area contributed by atoms with Crippen LogP contribution in [0, 0.1) is 10.1 Å². The van der Waals surface area contributed by atoms with E-state index in [0.717, 1.165) is 17.4 Å². The lowest BCUT2D eigenvalue weighted by Gasteiger charge is -2.17. The number of benzene rings is 2. The van der Waals surface area contributed by atoms with Gasteiger partial charge in [-0.2, -0.15) is 0 Å². The molecule has 0 spiro atoms. The molecule has 1 N–H and O–H groups in total. The molecule has 0 atom stereocenters. The first-order valence-corrected chi connectivity index (χ1v) is 9.06. The molecule has 0 aliphatic rings. The van der Waals surface area contributed by atoms with Gasteiger partial charge in [-0.15, -0.1) is 10.2 Å². The number of carbonyl (C=O) groups excluding carboxylic acids is 1. The lowest BCUT2D eigenvalue weighted by atomic mass is 10.1. The summed E-state index contributed by atoms with van der Waals surface area (Å²) in [6.07, 6.45) is 1.51. The van der Waals surface area contributed by atoms with Crippen molar-refractivity contribution in [2.24, 2.45) is 7.05 Å². The van der Waals surface area contributed by atoms with Crippen LogP contribution in [0.25, 0.3) is 0 Å². The molecule has 3 aromatic rings. The van der Waals surface area contributed by atoms with Gasteiger partial charge in [-0.25, -0.2) is 0 Å². The summed E-state index contributed by atoms with van der Waals surface area (Å²) in [6, 6.07) is 11.7. The van der Waals surface area contributed by atoms with E-state index in [-0.39, 0.29) is 11.3 Å². The molecule has 144 valence electrons. The third-order valence-electron chi connectivity index (χ3n) is 3.92. The number of para-hydroxylation sites is 2. The highest BCUT2D eigenvalue weighted by Crippen LogP contribution is 2.34. The number of rotatable bonds is 6. The largest absolute Gasteiger partial charge is 0.376 e. The number of anilines is 2. The molecule has 0 aliphatic carbocycles. The number of amides is 1. The smallest absolute Gasteiger partial charge is 0.284 e. The number of aryl methyl sites for hydroxylation is 1. The van der Waals surface area contributed by atoms with Crippen molar-refractivity contribution in [2.75, 3.05) is 24.3 Å².